The highest BCUT2D eigenvalue weighted by molar-refractivity contribution is 5.92. The van der Waals surface area contributed by atoms with Crippen molar-refractivity contribution in [2.75, 3.05) is 37.3 Å². The van der Waals surface area contributed by atoms with Gasteiger partial charge in [0.05, 0.1) is 12.6 Å². The number of piperidine rings is 1. The second kappa shape index (κ2) is 7.26. The van der Waals surface area contributed by atoms with E-state index in [-0.39, 0.29) is 12.0 Å². The van der Waals surface area contributed by atoms with Crippen LogP contribution in [0.1, 0.15) is 19.8 Å². The molecule has 0 bridgehead atoms. The fraction of sp³-hybridized carbons (Fsp3) is 0.533. The van der Waals surface area contributed by atoms with Crippen molar-refractivity contribution in [1.29, 1.82) is 0 Å². The van der Waals surface area contributed by atoms with E-state index >= 15 is 0 Å². The van der Waals surface area contributed by atoms with Gasteiger partial charge in [-0.3, -0.25) is 9.69 Å². The molecule has 5 heteroatoms. The van der Waals surface area contributed by atoms with Crippen LogP contribution in [0, 0.1) is 0 Å². The lowest BCUT2D eigenvalue weighted by molar-refractivity contribution is -0.118. The van der Waals surface area contributed by atoms with Gasteiger partial charge in [0.15, 0.2) is 0 Å². The first-order chi connectivity index (χ1) is 9.67. The maximum Gasteiger partial charge on any atom is 0.238 e. The van der Waals surface area contributed by atoms with Gasteiger partial charge in [0.1, 0.15) is 0 Å². The van der Waals surface area contributed by atoms with Gasteiger partial charge in [0.25, 0.3) is 0 Å². The maximum atomic E-state index is 12.0. The van der Waals surface area contributed by atoms with Crippen LogP contribution in [-0.2, 0) is 9.53 Å². The van der Waals surface area contributed by atoms with Gasteiger partial charge in [-0.15, -0.1) is 0 Å². The third kappa shape index (κ3) is 4.51. The predicted octanol–water partition coefficient (Wildman–Crippen LogP) is 1.71. The molecule has 3 N–H and O–H groups in total. The monoisotopic (exact) mass is 277 g/mol. The molecule has 5 nitrogen and oxygen atoms in total. The van der Waals surface area contributed by atoms with E-state index in [9.17, 15) is 4.79 Å². The lowest BCUT2D eigenvalue weighted by Gasteiger charge is -2.31. The summed E-state index contributed by atoms with van der Waals surface area (Å²) < 4.78 is 5.64. The van der Waals surface area contributed by atoms with E-state index in [2.05, 4.69) is 10.2 Å². The van der Waals surface area contributed by atoms with Crippen LogP contribution in [-0.4, -0.2) is 43.2 Å². The molecule has 1 atom stereocenters. The zero-order valence-corrected chi connectivity index (χ0v) is 12.0. The first kappa shape index (κ1) is 14.8. The third-order valence-corrected chi connectivity index (χ3v) is 3.43. The molecule has 1 amide bonds. The topological polar surface area (TPSA) is 67.6 Å². The molecule has 1 aliphatic heterocycles. The number of nitrogens with one attached hydrogen (secondary N) is 1. The van der Waals surface area contributed by atoms with Gasteiger partial charge in [-0.05, 0) is 50.6 Å². The van der Waals surface area contributed by atoms with Crippen LogP contribution in [0.3, 0.4) is 0 Å². The van der Waals surface area contributed by atoms with Gasteiger partial charge in [0.2, 0.25) is 5.91 Å². The smallest absolute Gasteiger partial charge is 0.238 e. The molecule has 0 aromatic heterocycles. The standard InChI is InChI=1S/C15H23N3O2/c1-2-20-14-4-3-9-18(10-14)11-15(19)17-13-7-5-12(16)6-8-13/h5-8,14H,2-4,9-11,16H2,1H3,(H,17,19). The van der Waals surface area contributed by atoms with Gasteiger partial charge in [-0.1, -0.05) is 0 Å². The highest BCUT2D eigenvalue weighted by Gasteiger charge is 2.21. The van der Waals surface area contributed by atoms with Gasteiger partial charge < -0.3 is 15.8 Å². The Kier molecular flexibility index (Phi) is 5.38. The number of hydrogen-bond donors (Lipinski definition) is 2. The molecular weight excluding hydrogens is 254 g/mol. The molecule has 1 fully saturated rings. The van der Waals surface area contributed by atoms with E-state index in [0.717, 1.165) is 38.2 Å². The molecule has 0 radical (unpaired) electrons. The van der Waals surface area contributed by atoms with Crippen LogP contribution >= 0.6 is 0 Å². The first-order valence-corrected chi connectivity index (χ1v) is 7.16. The number of hydrogen-bond acceptors (Lipinski definition) is 4. The lowest BCUT2D eigenvalue weighted by atomic mass is 10.1. The summed E-state index contributed by atoms with van der Waals surface area (Å²) in [5.41, 5.74) is 7.09. The average molecular weight is 277 g/mol. The van der Waals surface area contributed by atoms with Crippen LogP contribution in [0.25, 0.3) is 0 Å². The second-order valence-corrected chi connectivity index (χ2v) is 5.12. The molecule has 1 heterocycles. The van der Waals surface area contributed by atoms with Gasteiger partial charge in [0, 0.05) is 24.5 Å². The van der Waals surface area contributed by atoms with Crippen molar-refractivity contribution in [2.24, 2.45) is 0 Å². The van der Waals surface area contributed by atoms with Crippen LogP contribution in [0.15, 0.2) is 24.3 Å². The zero-order chi connectivity index (χ0) is 14.4. The van der Waals surface area contributed by atoms with Crippen LogP contribution in [0.2, 0.25) is 0 Å². The van der Waals surface area contributed by atoms with E-state index in [4.69, 9.17) is 10.5 Å². The van der Waals surface area contributed by atoms with Crippen LogP contribution in [0.5, 0.6) is 0 Å². The Labute approximate surface area is 120 Å². The van der Waals surface area contributed by atoms with Crippen molar-refractivity contribution in [2.45, 2.75) is 25.9 Å². The maximum absolute atomic E-state index is 12.0. The van der Waals surface area contributed by atoms with Crippen LogP contribution in [0.4, 0.5) is 11.4 Å². The Hall–Kier alpha value is -1.59. The van der Waals surface area contributed by atoms with Gasteiger partial charge in [-0.25, -0.2) is 0 Å². The number of amides is 1. The molecule has 1 aromatic rings. The molecule has 110 valence electrons. The number of anilines is 2. The van der Waals surface area contributed by atoms with E-state index in [1.54, 1.807) is 12.1 Å². The highest BCUT2D eigenvalue weighted by Crippen LogP contribution is 2.14. The largest absolute Gasteiger partial charge is 0.399 e. The Bertz CT molecular complexity index is 431. The molecule has 1 saturated heterocycles. The molecule has 20 heavy (non-hydrogen) atoms. The van der Waals surface area contributed by atoms with Crippen molar-refractivity contribution in [1.82, 2.24) is 4.90 Å². The van der Waals surface area contributed by atoms with E-state index < -0.39 is 0 Å². The summed E-state index contributed by atoms with van der Waals surface area (Å²) in [6.45, 7) is 4.94. The minimum absolute atomic E-state index is 0.00641. The average Bonchev–Trinajstić information content (AvgIpc) is 2.42. The Balaban J connectivity index is 1.80. The van der Waals surface area contributed by atoms with E-state index in [1.807, 2.05) is 19.1 Å². The molecule has 1 unspecified atom stereocenters. The normalized spacial score (nSPS) is 19.8. The molecule has 1 aromatic carbocycles. The minimum Gasteiger partial charge on any atom is -0.399 e. The quantitative estimate of drug-likeness (QED) is 0.804. The number of benzene rings is 1. The van der Waals surface area contributed by atoms with Gasteiger partial charge in [-0.2, -0.15) is 0 Å². The van der Waals surface area contributed by atoms with Crippen molar-refractivity contribution in [3.63, 3.8) is 0 Å². The molecular formula is C15H23N3O2. The first-order valence-electron chi connectivity index (χ1n) is 7.16. The number of ether oxygens (including phenoxy) is 1. The van der Waals surface area contributed by atoms with E-state index in [1.165, 1.54) is 0 Å². The number of nitrogens with two attached hydrogens (primary N) is 1. The highest BCUT2D eigenvalue weighted by atomic mass is 16.5. The molecule has 0 spiro atoms. The SMILES string of the molecule is CCOC1CCCN(CC(=O)Nc2ccc(N)cc2)C1. The van der Waals surface area contributed by atoms with Gasteiger partial charge >= 0.3 is 0 Å². The summed E-state index contributed by atoms with van der Waals surface area (Å²) >= 11 is 0. The Morgan fingerprint density at radius 1 is 1.45 bits per heavy atom. The lowest BCUT2D eigenvalue weighted by Crippen LogP contribution is -2.43. The third-order valence-electron chi connectivity index (χ3n) is 3.43. The number of rotatable bonds is 5. The predicted molar refractivity (Wildman–Crippen MR) is 80.6 cm³/mol. The zero-order valence-electron chi connectivity index (χ0n) is 12.0. The second-order valence-electron chi connectivity index (χ2n) is 5.12. The van der Waals surface area contributed by atoms with Crippen molar-refractivity contribution in [3.8, 4) is 0 Å². The minimum atomic E-state index is 0.00641. The summed E-state index contributed by atoms with van der Waals surface area (Å²) in [6.07, 6.45) is 2.43. The number of nitrogens with zero attached hydrogens (tertiary/aromatic N) is 1. The molecule has 2 rings (SSSR count). The Morgan fingerprint density at radius 3 is 2.90 bits per heavy atom. The molecule has 0 aliphatic carbocycles. The summed E-state index contributed by atoms with van der Waals surface area (Å²) in [5.74, 6) is 0.00641. The summed E-state index contributed by atoms with van der Waals surface area (Å²) in [6, 6.07) is 7.18. The molecule has 0 saturated carbocycles. The Morgan fingerprint density at radius 2 is 2.20 bits per heavy atom. The number of likely N-dealkylation sites (tertiary alicyclic amines) is 1. The summed E-state index contributed by atoms with van der Waals surface area (Å²) in [5, 5.41) is 2.89. The fourth-order valence-corrected chi connectivity index (χ4v) is 2.50. The summed E-state index contributed by atoms with van der Waals surface area (Å²) in [7, 11) is 0. The van der Waals surface area contributed by atoms with E-state index in [0.29, 0.717) is 12.2 Å². The number of nitrogen functional groups attached to an aromatic ring is 1. The van der Waals surface area contributed by atoms with Crippen molar-refractivity contribution >= 4 is 17.3 Å². The summed E-state index contributed by atoms with van der Waals surface area (Å²) in [4.78, 5) is 14.2. The van der Waals surface area contributed by atoms with Crippen molar-refractivity contribution < 1.29 is 9.53 Å². The number of carbonyl (C=O) groups is 1. The number of carbonyl (C=O) groups excluding carboxylic acids is 1. The van der Waals surface area contributed by atoms with Crippen LogP contribution < -0.4 is 11.1 Å². The molecule has 1 aliphatic rings. The fourth-order valence-electron chi connectivity index (χ4n) is 2.50. The van der Waals surface area contributed by atoms with Crippen molar-refractivity contribution in [3.05, 3.63) is 24.3 Å².